The first kappa shape index (κ1) is 17.6. The third-order valence-electron chi connectivity index (χ3n) is 3.87. The maximum Gasteiger partial charge on any atom is 0.227 e. The van der Waals surface area contributed by atoms with Gasteiger partial charge in [0.15, 0.2) is 0 Å². The molecule has 0 saturated carbocycles. The number of nitrogens with one attached hydrogen (secondary N) is 1. The fraction of sp³-hybridized carbons (Fsp3) is 0.263. The zero-order valence-corrected chi connectivity index (χ0v) is 14.5. The van der Waals surface area contributed by atoms with Crippen LogP contribution in [0.25, 0.3) is 11.4 Å². The number of carbonyl (C=O) groups is 1. The molecule has 0 fully saturated rings. The topological polar surface area (TPSA) is 90.1 Å². The molecule has 3 aromatic rings. The third kappa shape index (κ3) is 4.89. The summed E-state index contributed by atoms with van der Waals surface area (Å²) >= 11 is 0. The molecule has 0 aliphatic heterocycles. The number of carbonyl (C=O) groups excluding carboxylic acids is 1. The Kier molecular flexibility index (Phi) is 5.92. The maximum atomic E-state index is 12.0. The Bertz CT molecular complexity index is 832. The summed E-state index contributed by atoms with van der Waals surface area (Å²) in [5, 5.41) is 6.82. The Labute approximate surface area is 151 Å². The van der Waals surface area contributed by atoms with Gasteiger partial charge in [0.1, 0.15) is 5.75 Å². The van der Waals surface area contributed by atoms with E-state index in [2.05, 4.69) is 20.4 Å². The van der Waals surface area contributed by atoms with E-state index in [9.17, 15) is 4.79 Å². The van der Waals surface area contributed by atoms with Crippen molar-refractivity contribution in [2.24, 2.45) is 0 Å². The van der Waals surface area contributed by atoms with E-state index >= 15 is 0 Å². The molecule has 0 aliphatic carbocycles. The Balaban J connectivity index is 1.40. The van der Waals surface area contributed by atoms with Gasteiger partial charge in [-0.1, -0.05) is 17.3 Å². The van der Waals surface area contributed by atoms with E-state index in [1.165, 1.54) is 0 Å². The number of hydrogen-bond acceptors (Lipinski definition) is 6. The Morgan fingerprint density at radius 2 is 1.88 bits per heavy atom. The van der Waals surface area contributed by atoms with Gasteiger partial charge in [0.2, 0.25) is 17.6 Å². The number of pyridine rings is 1. The van der Waals surface area contributed by atoms with Crippen LogP contribution in [0.2, 0.25) is 0 Å². The molecule has 0 unspecified atom stereocenters. The van der Waals surface area contributed by atoms with Crippen LogP contribution in [-0.2, 0) is 17.6 Å². The zero-order valence-electron chi connectivity index (χ0n) is 14.5. The highest BCUT2D eigenvalue weighted by Crippen LogP contribution is 2.14. The number of rotatable bonds is 8. The highest BCUT2D eigenvalue weighted by Gasteiger charge is 2.10. The number of benzene rings is 1. The van der Waals surface area contributed by atoms with Crippen molar-refractivity contribution >= 4 is 5.91 Å². The Morgan fingerprint density at radius 3 is 2.62 bits per heavy atom. The van der Waals surface area contributed by atoms with Gasteiger partial charge in [-0.25, -0.2) is 0 Å². The molecule has 0 spiro atoms. The van der Waals surface area contributed by atoms with Gasteiger partial charge in [-0.05, 0) is 36.2 Å². The van der Waals surface area contributed by atoms with Crippen molar-refractivity contribution < 1.29 is 14.1 Å². The van der Waals surface area contributed by atoms with Crippen LogP contribution in [0.15, 0.2) is 53.3 Å². The van der Waals surface area contributed by atoms with Crippen molar-refractivity contribution in [3.63, 3.8) is 0 Å². The van der Waals surface area contributed by atoms with E-state index in [0.717, 1.165) is 23.3 Å². The lowest BCUT2D eigenvalue weighted by Crippen LogP contribution is -2.25. The van der Waals surface area contributed by atoms with Crippen molar-refractivity contribution in [2.75, 3.05) is 13.7 Å². The minimum absolute atomic E-state index is 0.0397. The Morgan fingerprint density at radius 1 is 1.12 bits per heavy atom. The maximum absolute atomic E-state index is 12.0. The van der Waals surface area contributed by atoms with E-state index in [4.69, 9.17) is 9.26 Å². The highest BCUT2D eigenvalue weighted by molar-refractivity contribution is 5.76. The zero-order chi connectivity index (χ0) is 18.2. The number of hydrogen-bond donors (Lipinski definition) is 1. The van der Waals surface area contributed by atoms with Crippen LogP contribution < -0.4 is 10.1 Å². The van der Waals surface area contributed by atoms with Gasteiger partial charge < -0.3 is 14.6 Å². The molecule has 1 N–H and O–H groups in total. The summed E-state index contributed by atoms with van der Waals surface area (Å²) in [4.78, 5) is 20.2. The van der Waals surface area contributed by atoms with Gasteiger partial charge in [0.25, 0.3) is 0 Å². The Hall–Kier alpha value is -3.22. The van der Waals surface area contributed by atoms with Crippen molar-refractivity contribution in [3.8, 4) is 17.1 Å². The van der Waals surface area contributed by atoms with E-state index in [1.807, 2.05) is 24.3 Å². The monoisotopic (exact) mass is 352 g/mol. The summed E-state index contributed by atoms with van der Waals surface area (Å²) in [6.07, 6.45) is 4.82. The molecule has 1 aromatic carbocycles. The summed E-state index contributed by atoms with van der Waals surface area (Å²) in [6.45, 7) is 0.581. The second-order valence-electron chi connectivity index (χ2n) is 5.70. The van der Waals surface area contributed by atoms with Crippen LogP contribution in [0.4, 0.5) is 0 Å². The molecule has 0 bridgehead atoms. The lowest BCUT2D eigenvalue weighted by Gasteiger charge is -2.05. The second-order valence-corrected chi connectivity index (χ2v) is 5.70. The van der Waals surface area contributed by atoms with Gasteiger partial charge >= 0.3 is 0 Å². The number of aryl methyl sites for hydroxylation is 1. The summed E-state index contributed by atoms with van der Waals surface area (Å²) in [7, 11) is 1.64. The number of amides is 1. The van der Waals surface area contributed by atoms with E-state index in [1.54, 1.807) is 31.6 Å². The van der Waals surface area contributed by atoms with Gasteiger partial charge in [0, 0.05) is 37.3 Å². The third-order valence-corrected chi connectivity index (χ3v) is 3.87. The van der Waals surface area contributed by atoms with Crippen LogP contribution in [0.3, 0.4) is 0 Å². The molecule has 3 rings (SSSR count). The molecule has 2 heterocycles. The standard InChI is InChI=1S/C19H20N4O3/c1-25-16-4-2-14(3-5-16)8-13-21-17(24)6-7-18-22-19(23-26-18)15-9-11-20-12-10-15/h2-5,9-12H,6-8,13H2,1H3,(H,21,24). The van der Waals surface area contributed by atoms with Crippen molar-refractivity contribution in [2.45, 2.75) is 19.3 Å². The lowest BCUT2D eigenvalue weighted by molar-refractivity contribution is -0.121. The highest BCUT2D eigenvalue weighted by atomic mass is 16.5. The van der Waals surface area contributed by atoms with Crippen LogP contribution in [0, 0.1) is 0 Å². The quantitative estimate of drug-likeness (QED) is 0.670. The smallest absolute Gasteiger partial charge is 0.227 e. The first-order valence-electron chi connectivity index (χ1n) is 8.37. The molecule has 26 heavy (non-hydrogen) atoms. The fourth-order valence-corrected chi connectivity index (χ4v) is 2.42. The first-order chi connectivity index (χ1) is 12.7. The molecule has 0 atom stereocenters. The van der Waals surface area contributed by atoms with Gasteiger partial charge in [-0.15, -0.1) is 0 Å². The number of methoxy groups -OCH3 is 1. The molecule has 0 aliphatic rings. The average Bonchev–Trinajstić information content (AvgIpc) is 3.17. The van der Waals surface area contributed by atoms with Gasteiger partial charge in [-0.3, -0.25) is 9.78 Å². The van der Waals surface area contributed by atoms with E-state index < -0.39 is 0 Å². The van der Waals surface area contributed by atoms with Crippen LogP contribution >= 0.6 is 0 Å². The fourth-order valence-electron chi connectivity index (χ4n) is 2.42. The molecule has 0 saturated heterocycles. The molecule has 134 valence electrons. The number of nitrogens with zero attached hydrogens (tertiary/aromatic N) is 3. The minimum Gasteiger partial charge on any atom is -0.497 e. The summed E-state index contributed by atoms with van der Waals surface area (Å²) < 4.78 is 10.3. The van der Waals surface area contributed by atoms with Crippen molar-refractivity contribution in [1.82, 2.24) is 20.4 Å². The van der Waals surface area contributed by atoms with Gasteiger partial charge in [0.05, 0.1) is 7.11 Å². The summed E-state index contributed by atoms with van der Waals surface area (Å²) in [6, 6.07) is 11.4. The summed E-state index contributed by atoms with van der Waals surface area (Å²) in [5.74, 6) is 1.73. The molecule has 7 heteroatoms. The first-order valence-corrected chi connectivity index (χ1v) is 8.37. The molecule has 1 amide bonds. The normalized spacial score (nSPS) is 10.5. The lowest BCUT2D eigenvalue weighted by atomic mass is 10.1. The summed E-state index contributed by atoms with van der Waals surface area (Å²) in [5.41, 5.74) is 1.98. The predicted octanol–water partition coefficient (Wildman–Crippen LogP) is 2.43. The van der Waals surface area contributed by atoms with Gasteiger partial charge in [-0.2, -0.15) is 4.98 Å². The molecule has 7 nitrogen and oxygen atoms in total. The van der Waals surface area contributed by atoms with E-state index in [-0.39, 0.29) is 5.91 Å². The number of ether oxygens (including phenoxy) is 1. The van der Waals surface area contributed by atoms with Crippen molar-refractivity contribution in [3.05, 3.63) is 60.2 Å². The predicted molar refractivity (Wildman–Crippen MR) is 95.6 cm³/mol. The minimum atomic E-state index is -0.0397. The largest absolute Gasteiger partial charge is 0.497 e. The van der Waals surface area contributed by atoms with Crippen LogP contribution in [0.5, 0.6) is 5.75 Å². The average molecular weight is 352 g/mol. The number of aromatic nitrogens is 3. The van der Waals surface area contributed by atoms with Crippen LogP contribution in [0.1, 0.15) is 17.9 Å². The van der Waals surface area contributed by atoms with Crippen LogP contribution in [-0.4, -0.2) is 34.7 Å². The molecule has 0 radical (unpaired) electrons. The molecular formula is C19H20N4O3. The SMILES string of the molecule is COc1ccc(CCNC(=O)CCc2nc(-c3ccncc3)no2)cc1. The van der Waals surface area contributed by atoms with Crippen molar-refractivity contribution in [1.29, 1.82) is 0 Å². The molecular weight excluding hydrogens is 332 g/mol. The second kappa shape index (κ2) is 8.75. The molecule has 2 aromatic heterocycles. The van der Waals surface area contributed by atoms with E-state index in [0.29, 0.717) is 31.1 Å².